The van der Waals surface area contributed by atoms with E-state index in [-0.39, 0.29) is 17.9 Å². The van der Waals surface area contributed by atoms with Crippen LogP contribution in [-0.4, -0.2) is 20.5 Å². The fourth-order valence-electron chi connectivity index (χ4n) is 1.85. The fraction of sp³-hybridized carbons (Fsp3) is 0.500. The van der Waals surface area contributed by atoms with Gasteiger partial charge in [-0.15, -0.1) is 12.4 Å². The molecule has 4 nitrogen and oxygen atoms in total. The largest absolute Gasteiger partial charge is 0.324 e. The summed E-state index contributed by atoms with van der Waals surface area (Å²) < 4.78 is 26.5. The van der Waals surface area contributed by atoms with Crippen molar-refractivity contribution in [1.82, 2.24) is 4.72 Å². The van der Waals surface area contributed by atoms with Crippen LogP contribution in [0.4, 0.5) is 0 Å². The van der Waals surface area contributed by atoms with Gasteiger partial charge in [0.1, 0.15) is 0 Å². The number of nitrogens with two attached hydrogens (primary N) is 1. The molecule has 0 atom stereocenters. The Hall–Kier alpha value is -0.620. The average Bonchev–Trinajstić information content (AvgIpc) is 2.24. The molecule has 1 saturated carbocycles. The minimum atomic E-state index is -3.42. The van der Waals surface area contributed by atoms with Crippen molar-refractivity contribution in [3.8, 4) is 0 Å². The molecule has 0 unspecified atom stereocenters. The van der Waals surface area contributed by atoms with E-state index in [1.807, 2.05) is 6.92 Å². The number of hydrogen-bond donors (Lipinski definition) is 2. The third kappa shape index (κ3) is 3.45. The normalized spacial score (nSPS) is 17.7. The van der Waals surface area contributed by atoms with E-state index in [1.54, 1.807) is 24.3 Å². The highest BCUT2D eigenvalue weighted by Crippen LogP contribution is 2.28. The number of rotatable bonds is 4. The van der Waals surface area contributed by atoms with Gasteiger partial charge in [0, 0.05) is 12.1 Å². The lowest BCUT2D eigenvalue weighted by Crippen LogP contribution is -2.54. The van der Waals surface area contributed by atoms with Gasteiger partial charge in [0.05, 0.1) is 4.90 Å². The van der Waals surface area contributed by atoms with Gasteiger partial charge in [0.2, 0.25) is 10.0 Å². The smallest absolute Gasteiger partial charge is 0.240 e. The molecule has 18 heavy (non-hydrogen) atoms. The molecule has 102 valence electrons. The van der Waals surface area contributed by atoms with Gasteiger partial charge in [0.15, 0.2) is 0 Å². The lowest BCUT2D eigenvalue weighted by molar-refractivity contribution is 0.251. The molecule has 0 radical (unpaired) electrons. The highest BCUT2D eigenvalue weighted by atomic mass is 35.5. The van der Waals surface area contributed by atoms with E-state index in [0.717, 1.165) is 24.8 Å². The topological polar surface area (TPSA) is 72.2 Å². The van der Waals surface area contributed by atoms with E-state index in [2.05, 4.69) is 4.72 Å². The first-order chi connectivity index (χ1) is 7.91. The summed E-state index contributed by atoms with van der Waals surface area (Å²) in [7, 11) is -3.42. The lowest BCUT2D eigenvalue weighted by Gasteiger charge is -2.37. The lowest BCUT2D eigenvalue weighted by atomic mass is 9.78. The van der Waals surface area contributed by atoms with Crippen molar-refractivity contribution < 1.29 is 8.42 Å². The van der Waals surface area contributed by atoms with Crippen molar-refractivity contribution in [2.75, 3.05) is 6.54 Å². The number of aryl methyl sites for hydroxylation is 1. The Kier molecular flexibility index (Phi) is 4.78. The summed E-state index contributed by atoms with van der Waals surface area (Å²) in [4.78, 5) is 0.297. The molecule has 1 aromatic rings. The Labute approximate surface area is 114 Å². The quantitative estimate of drug-likeness (QED) is 0.884. The molecule has 0 aliphatic heterocycles. The Morgan fingerprint density at radius 1 is 1.28 bits per heavy atom. The third-order valence-electron chi connectivity index (χ3n) is 3.29. The van der Waals surface area contributed by atoms with Crippen LogP contribution in [0.3, 0.4) is 0 Å². The predicted molar refractivity (Wildman–Crippen MR) is 74.4 cm³/mol. The van der Waals surface area contributed by atoms with E-state index in [9.17, 15) is 8.42 Å². The van der Waals surface area contributed by atoms with Crippen LogP contribution in [0, 0.1) is 6.92 Å². The number of nitrogens with one attached hydrogen (secondary N) is 1. The predicted octanol–water partition coefficient (Wildman–Crippen LogP) is 1.58. The van der Waals surface area contributed by atoms with Crippen molar-refractivity contribution in [3.63, 3.8) is 0 Å². The highest BCUT2D eigenvalue weighted by molar-refractivity contribution is 7.89. The standard InChI is InChI=1S/C12H18N2O2S.ClH/c1-10-3-5-11(6-4-10)17(15,16)14-9-12(13)7-2-8-12;/h3-6,14H,2,7-9,13H2,1H3;1H. The average molecular weight is 291 g/mol. The summed E-state index contributed by atoms with van der Waals surface area (Å²) in [5, 5.41) is 0. The monoisotopic (exact) mass is 290 g/mol. The molecule has 2 rings (SSSR count). The maximum absolute atomic E-state index is 12.0. The fourth-order valence-corrected chi connectivity index (χ4v) is 2.99. The molecule has 0 spiro atoms. The second kappa shape index (κ2) is 5.57. The molecule has 1 aromatic carbocycles. The van der Waals surface area contributed by atoms with E-state index in [0.29, 0.717) is 11.4 Å². The summed E-state index contributed by atoms with van der Waals surface area (Å²) in [6.45, 7) is 2.25. The van der Waals surface area contributed by atoms with Crippen molar-refractivity contribution in [2.45, 2.75) is 36.6 Å². The highest BCUT2D eigenvalue weighted by Gasteiger charge is 2.33. The van der Waals surface area contributed by atoms with Crippen molar-refractivity contribution in [1.29, 1.82) is 0 Å². The van der Waals surface area contributed by atoms with Crippen LogP contribution in [0.5, 0.6) is 0 Å². The van der Waals surface area contributed by atoms with Crippen LogP contribution < -0.4 is 10.5 Å². The van der Waals surface area contributed by atoms with Gasteiger partial charge in [-0.1, -0.05) is 17.7 Å². The molecule has 3 N–H and O–H groups in total. The molecule has 6 heteroatoms. The maximum Gasteiger partial charge on any atom is 0.240 e. The zero-order chi connectivity index (χ0) is 12.5. The van der Waals surface area contributed by atoms with Crippen LogP contribution in [0.25, 0.3) is 0 Å². The molecule has 1 aliphatic rings. The van der Waals surface area contributed by atoms with Crippen LogP contribution >= 0.6 is 12.4 Å². The number of sulfonamides is 1. The minimum Gasteiger partial charge on any atom is -0.324 e. The van der Waals surface area contributed by atoms with Crippen molar-refractivity contribution in [2.24, 2.45) is 5.73 Å². The first-order valence-corrected chi connectivity index (χ1v) is 7.25. The zero-order valence-electron chi connectivity index (χ0n) is 10.3. The van der Waals surface area contributed by atoms with Crippen LogP contribution in [0.15, 0.2) is 29.2 Å². The molecule has 1 fully saturated rings. The van der Waals surface area contributed by atoms with E-state index in [4.69, 9.17) is 5.73 Å². The Morgan fingerprint density at radius 3 is 2.28 bits per heavy atom. The number of hydrogen-bond acceptors (Lipinski definition) is 3. The first-order valence-electron chi connectivity index (χ1n) is 5.77. The van der Waals surface area contributed by atoms with Crippen LogP contribution in [0.1, 0.15) is 24.8 Å². The Morgan fingerprint density at radius 2 is 1.83 bits per heavy atom. The van der Waals surface area contributed by atoms with E-state index in [1.165, 1.54) is 0 Å². The molecule has 1 aliphatic carbocycles. The molecule has 0 heterocycles. The zero-order valence-corrected chi connectivity index (χ0v) is 12.0. The molecule has 0 bridgehead atoms. The number of halogens is 1. The molecular formula is C12H19ClN2O2S. The van der Waals surface area contributed by atoms with E-state index >= 15 is 0 Å². The van der Waals surface area contributed by atoms with E-state index < -0.39 is 10.0 Å². The summed E-state index contributed by atoms with van der Waals surface area (Å²) >= 11 is 0. The third-order valence-corrected chi connectivity index (χ3v) is 4.71. The van der Waals surface area contributed by atoms with Gasteiger partial charge in [-0.2, -0.15) is 0 Å². The van der Waals surface area contributed by atoms with Crippen LogP contribution in [-0.2, 0) is 10.0 Å². The molecule has 0 aromatic heterocycles. The first kappa shape index (κ1) is 15.4. The second-order valence-electron chi connectivity index (χ2n) is 4.85. The molecule has 0 amide bonds. The minimum absolute atomic E-state index is 0. The maximum atomic E-state index is 12.0. The van der Waals surface area contributed by atoms with Gasteiger partial charge in [-0.3, -0.25) is 0 Å². The van der Waals surface area contributed by atoms with Gasteiger partial charge in [-0.25, -0.2) is 13.1 Å². The van der Waals surface area contributed by atoms with Crippen molar-refractivity contribution in [3.05, 3.63) is 29.8 Å². The van der Waals surface area contributed by atoms with Crippen LogP contribution in [0.2, 0.25) is 0 Å². The number of benzene rings is 1. The SMILES string of the molecule is Cc1ccc(S(=O)(=O)NCC2(N)CCC2)cc1.Cl. The summed E-state index contributed by atoms with van der Waals surface area (Å²) in [5.41, 5.74) is 6.69. The van der Waals surface area contributed by atoms with Gasteiger partial charge < -0.3 is 5.73 Å². The Balaban J connectivity index is 0.00000162. The summed E-state index contributed by atoms with van der Waals surface area (Å²) in [5.74, 6) is 0. The van der Waals surface area contributed by atoms with Gasteiger partial charge in [0.25, 0.3) is 0 Å². The van der Waals surface area contributed by atoms with Crippen molar-refractivity contribution >= 4 is 22.4 Å². The summed E-state index contributed by atoms with van der Waals surface area (Å²) in [6, 6.07) is 6.80. The van der Waals surface area contributed by atoms with Gasteiger partial charge in [-0.05, 0) is 38.3 Å². The molecular weight excluding hydrogens is 272 g/mol. The second-order valence-corrected chi connectivity index (χ2v) is 6.62. The summed E-state index contributed by atoms with van der Waals surface area (Å²) in [6.07, 6.45) is 2.87. The van der Waals surface area contributed by atoms with Gasteiger partial charge >= 0.3 is 0 Å². The molecule has 0 saturated heterocycles. The Bertz CT molecular complexity index is 495.